The molecule has 1 atom stereocenters. The molecule has 0 bridgehead atoms. The van der Waals surface area contributed by atoms with Crippen LogP contribution in [0.1, 0.15) is 24.5 Å². The summed E-state index contributed by atoms with van der Waals surface area (Å²) in [4.78, 5) is 29.7. The molecule has 1 aromatic carbocycles. The number of benzene rings is 1. The summed E-state index contributed by atoms with van der Waals surface area (Å²) in [6.45, 7) is 4.45. The number of aliphatic hydroxyl groups is 1. The minimum absolute atomic E-state index is 0.0386. The number of fused-ring (bicyclic) bond motifs is 1. The monoisotopic (exact) mass is 371 g/mol. The second kappa shape index (κ2) is 7.40. The third-order valence-electron chi connectivity index (χ3n) is 4.88. The van der Waals surface area contributed by atoms with E-state index in [1.54, 1.807) is 7.05 Å². The van der Waals surface area contributed by atoms with Crippen LogP contribution in [0.3, 0.4) is 0 Å². The first-order valence-corrected chi connectivity index (χ1v) is 8.93. The maximum absolute atomic E-state index is 12.8. The van der Waals surface area contributed by atoms with Crippen molar-refractivity contribution in [1.82, 2.24) is 18.7 Å². The van der Waals surface area contributed by atoms with Gasteiger partial charge >= 0.3 is 5.69 Å². The van der Waals surface area contributed by atoms with Crippen LogP contribution in [-0.2, 0) is 20.6 Å². The molecular formula is C19H25N5O3. The Bertz CT molecular complexity index is 1090. The zero-order chi connectivity index (χ0) is 19.7. The highest BCUT2D eigenvalue weighted by molar-refractivity contribution is 5.74. The standard InChI is InChI=1S/C19H25N5O3/c1-12-7-5-6-8-14(12)11-24-15-16(21-18(24)20-13(2)9-10-25)22(3)19(27)23(4)17(15)26/h5-8,13,25H,9-11H2,1-4H3,(H,20,21)/t13-/m1/s1. The van der Waals surface area contributed by atoms with Crippen molar-refractivity contribution in [3.63, 3.8) is 0 Å². The van der Waals surface area contributed by atoms with E-state index >= 15 is 0 Å². The van der Waals surface area contributed by atoms with Gasteiger partial charge < -0.3 is 10.4 Å². The van der Waals surface area contributed by atoms with Crippen LogP contribution >= 0.6 is 0 Å². The molecule has 0 radical (unpaired) electrons. The smallest absolute Gasteiger partial charge is 0.332 e. The summed E-state index contributed by atoms with van der Waals surface area (Å²) in [5, 5.41) is 12.5. The topological polar surface area (TPSA) is 94.1 Å². The molecule has 0 fully saturated rings. The number of imidazole rings is 1. The maximum Gasteiger partial charge on any atom is 0.332 e. The van der Waals surface area contributed by atoms with Gasteiger partial charge in [-0.1, -0.05) is 24.3 Å². The molecule has 0 aliphatic heterocycles. The summed E-state index contributed by atoms with van der Waals surface area (Å²) < 4.78 is 4.29. The van der Waals surface area contributed by atoms with E-state index in [1.165, 1.54) is 11.6 Å². The fourth-order valence-electron chi connectivity index (χ4n) is 3.15. The number of nitrogens with zero attached hydrogens (tertiary/aromatic N) is 4. The van der Waals surface area contributed by atoms with E-state index in [0.717, 1.165) is 15.7 Å². The van der Waals surface area contributed by atoms with Crippen molar-refractivity contribution in [3.05, 3.63) is 56.2 Å². The normalized spacial score (nSPS) is 12.5. The lowest BCUT2D eigenvalue weighted by Crippen LogP contribution is -2.37. The summed E-state index contributed by atoms with van der Waals surface area (Å²) in [6.07, 6.45) is 0.546. The molecule has 2 N–H and O–H groups in total. The van der Waals surface area contributed by atoms with Gasteiger partial charge in [0, 0.05) is 26.7 Å². The highest BCUT2D eigenvalue weighted by Gasteiger charge is 2.20. The van der Waals surface area contributed by atoms with Gasteiger partial charge in [-0.25, -0.2) is 4.79 Å². The van der Waals surface area contributed by atoms with Crippen molar-refractivity contribution in [2.24, 2.45) is 14.1 Å². The first-order chi connectivity index (χ1) is 12.8. The third-order valence-corrected chi connectivity index (χ3v) is 4.88. The zero-order valence-corrected chi connectivity index (χ0v) is 16.1. The Morgan fingerprint density at radius 3 is 2.56 bits per heavy atom. The second-order valence-electron chi connectivity index (χ2n) is 6.88. The predicted molar refractivity (Wildman–Crippen MR) is 105 cm³/mol. The highest BCUT2D eigenvalue weighted by Crippen LogP contribution is 2.20. The van der Waals surface area contributed by atoms with E-state index in [9.17, 15) is 14.7 Å². The number of aromatic nitrogens is 4. The summed E-state index contributed by atoms with van der Waals surface area (Å²) in [6, 6.07) is 7.91. The molecule has 8 nitrogen and oxygen atoms in total. The Balaban J connectivity index is 2.25. The van der Waals surface area contributed by atoms with Crippen LogP contribution in [0, 0.1) is 6.92 Å². The third kappa shape index (κ3) is 3.40. The predicted octanol–water partition coefficient (Wildman–Crippen LogP) is 0.973. The first-order valence-electron chi connectivity index (χ1n) is 8.93. The lowest BCUT2D eigenvalue weighted by atomic mass is 10.1. The van der Waals surface area contributed by atoms with Gasteiger partial charge in [-0.3, -0.25) is 18.5 Å². The lowest BCUT2D eigenvalue weighted by Gasteiger charge is -2.16. The molecule has 2 heterocycles. The zero-order valence-electron chi connectivity index (χ0n) is 16.1. The fraction of sp³-hybridized carbons (Fsp3) is 0.421. The summed E-state index contributed by atoms with van der Waals surface area (Å²) in [5.41, 5.74) is 2.10. The maximum atomic E-state index is 12.8. The van der Waals surface area contributed by atoms with Gasteiger partial charge in [-0.15, -0.1) is 0 Å². The van der Waals surface area contributed by atoms with Crippen LogP contribution in [0.2, 0.25) is 0 Å². The van der Waals surface area contributed by atoms with Crippen molar-refractivity contribution in [2.45, 2.75) is 32.9 Å². The number of anilines is 1. The molecule has 3 aromatic rings. The molecule has 0 amide bonds. The Morgan fingerprint density at radius 1 is 1.19 bits per heavy atom. The second-order valence-corrected chi connectivity index (χ2v) is 6.88. The average molecular weight is 371 g/mol. The van der Waals surface area contributed by atoms with E-state index in [0.29, 0.717) is 30.1 Å². The Kier molecular flexibility index (Phi) is 5.18. The van der Waals surface area contributed by atoms with Gasteiger partial charge in [0.25, 0.3) is 5.56 Å². The van der Waals surface area contributed by atoms with Gasteiger partial charge in [-0.2, -0.15) is 4.98 Å². The molecule has 144 valence electrons. The lowest BCUT2D eigenvalue weighted by molar-refractivity contribution is 0.282. The van der Waals surface area contributed by atoms with E-state index in [-0.39, 0.29) is 18.2 Å². The first kappa shape index (κ1) is 18.9. The molecule has 2 aromatic heterocycles. The highest BCUT2D eigenvalue weighted by atomic mass is 16.3. The summed E-state index contributed by atoms with van der Waals surface area (Å²) >= 11 is 0. The van der Waals surface area contributed by atoms with Crippen LogP contribution in [0.5, 0.6) is 0 Å². The molecule has 0 spiro atoms. The van der Waals surface area contributed by atoms with Gasteiger partial charge in [0.2, 0.25) is 5.95 Å². The number of aliphatic hydroxyl groups excluding tert-OH is 1. The molecule has 0 saturated heterocycles. The molecular weight excluding hydrogens is 346 g/mol. The number of aryl methyl sites for hydroxylation is 2. The number of rotatable bonds is 6. The minimum atomic E-state index is -0.414. The molecule has 0 aliphatic carbocycles. The number of hydrogen-bond donors (Lipinski definition) is 2. The molecule has 0 unspecified atom stereocenters. The minimum Gasteiger partial charge on any atom is -0.396 e. The van der Waals surface area contributed by atoms with Crippen molar-refractivity contribution in [3.8, 4) is 0 Å². The van der Waals surface area contributed by atoms with Crippen LogP contribution in [0.4, 0.5) is 5.95 Å². The Morgan fingerprint density at radius 2 is 1.89 bits per heavy atom. The van der Waals surface area contributed by atoms with Crippen molar-refractivity contribution in [1.29, 1.82) is 0 Å². The van der Waals surface area contributed by atoms with Gasteiger partial charge in [-0.05, 0) is 31.4 Å². The quantitative estimate of drug-likeness (QED) is 0.673. The Labute approximate surface area is 156 Å². The van der Waals surface area contributed by atoms with Gasteiger partial charge in [0.1, 0.15) is 0 Å². The van der Waals surface area contributed by atoms with Crippen molar-refractivity contribution >= 4 is 17.1 Å². The number of nitrogens with one attached hydrogen (secondary N) is 1. The Hall–Kier alpha value is -2.87. The van der Waals surface area contributed by atoms with Crippen LogP contribution in [0.15, 0.2) is 33.9 Å². The number of hydrogen-bond acceptors (Lipinski definition) is 5. The molecule has 0 saturated carbocycles. The van der Waals surface area contributed by atoms with E-state index < -0.39 is 5.69 Å². The summed E-state index contributed by atoms with van der Waals surface area (Å²) in [7, 11) is 3.08. The van der Waals surface area contributed by atoms with Gasteiger partial charge in [0.05, 0.1) is 6.54 Å². The van der Waals surface area contributed by atoms with E-state index in [2.05, 4.69) is 10.3 Å². The molecule has 8 heteroatoms. The van der Waals surface area contributed by atoms with Crippen LogP contribution < -0.4 is 16.6 Å². The van der Waals surface area contributed by atoms with Gasteiger partial charge in [0.15, 0.2) is 11.2 Å². The van der Waals surface area contributed by atoms with E-state index in [4.69, 9.17) is 0 Å². The largest absolute Gasteiger partial charge is 0.396 e. The summed E-state index contributed by atoms with van der Waals surface area (Å²) in [5.74, 6) is 0.507. The van der Waals surface area contributed by atoms with E-state index in [1.807, 2.05) is 42.7 Å². The molecule has 27 heavy (non-hydrogen) atoms. The van der Waals surface area contributed by atoms with Crippen LogP contribution in [-0.4, -0.2) is 36.4 Å². The molecule has 3 rings (SSSR count). The fourth-order valence-corrected chi connectivity index (χ4v) is 3.15. The van der Waals surface area contributed by atoms with Crippen LogP contribution in [0.25, 0.3) is 11.2 Å². The average Bonchev–Trinajstić information content (AvgIpc) is 2.98. The SMILES string of the molecule is Cc1ccccc1Cn1c(N[C@H](C)CCO)nc2c1c(=O)n(C)c(=O)n2C. The van der Waals surface area contributed by atoms with Crippen molar-refractivity contribution < 1.29 is 5.11 Å². The molecule has 0 aliphatic rings. The van der Waals surface area contributed by atoms with Crippen molar-refractivity contribution in [2.75, 3.05) is 11.9 Å².